The van der Waals surface area contributed by atoms with Gasteiger partial charge >= 0.3 is 0 Å². The Hall–Kier alpha value is -0.580. The summed E-state index contributed by atoms with van der Waals surface area (Å²) in [7, 11) is 1.59. The molecule has 5 heteroatoms. The van der Waals surface area contributed by atoms with Gasteiger partial charge < -0.3 is 11.1 Å². The number of carbonyl (C=O) groups excluding carboxylic acids is 1. The van der Waals surface area contributed by atoms with Gasteiger partial charge in [0.05, 0.1) is 6.04 Å². The molecule has 1 amide bonds. The summed E-state index contributed by atoms with van der Waals surface area (Å²) in [4.78, 5) is 11.1. The third-order valence-electron chi connectivity index (χ3n) is 1.95. The third-order valence-corrected chi connectivity index (χ3v) is 2.48. The van der Waals surface area contributed by atoms with Crippen molar-refractivity contribution in [1.82, 2.24) is 5.32 Å². The Bertz CT molecular complexity index is 316. The fourth-order valence-corrected chi connectivity index (χ4v) is 1.42. The van der Waals surface area contributed by atoms with Crippen LogP contribution in [0.1, 0.15) is 5.56 Å². The first-order chi connectivity index (χ1) is 6.63. The highest BCUT2D eigenvalue weighted by atomic mass is 79.9. The van der Waals surface area contributed by atoms with E-state index in [9.17, 15) is 4.79 Å². The van der Waals surface area contributed by atoms with Crippen molar-refractivity contribution in [1.29, 1.82) is 0 Å². The molecule has 1 aromatic carbocycles. The first-order valence-corrected chi connectivity index (χ1v) is 5.14. The molecule has 0 aliphatic carbocycles. The van der Waals surface area contributed by atoms with Crippen LogP contribution in [-0.4, -0.2) is 19.0 Å². The maximum atomic E-state index is 11.1. The van der Waals surface area contributed by atoms with Crippen molar-refractivity contribution in [2.24, 2.45) is 5.73 Å². The van der Waals surface area contributed by atoms with Crippen LogP contribution in [0.3, 0.4) is 0 Å². The number of benzene rings is 1. The second-order valence-electron chi connectivity index (χ2n) is 3.05. The van der Waals surface area contributed by atoms with E-state index in [1.807, 2.05) is 24.3 Å². The molecule has 3 nitrogen and oxygen atoms in total. The molecular weight excluding hydrogens is 279 g/mol. The van der Waals surface area contributed by atoms with Gasteiger partial charge in [-0.3, -0.25) is 4.79 Å². The Morgan fingerprint density at radius 3 is 2.47 bits per heavy atom. The van der Waals surface area contributed by atoms with Crippen LogP contribution in [0, 0.1) is 0 Å². The molecule has 1 atom stereocenters. The molecule has 0 saturated heterocycles. The van der Waals surface area contributed by atoms with Gasteiger partial charge in [-0.2, -0.15) is 0 Å². The molecule has 15 heavy (non-hydrogen) atoms. The molecule has 3 N–H and O–H groups in total. The van der Waals surface area contributed by atoms with Gasteiger partial charge in [0.15, 0.2) is 0 Å². The maximum absolute atomic E-state index is 11.1. The zero-order chi connectivity index (χ0) is 10.6. The summed E-state index contributed by atoms with van der Waals surface area (Å²) in [5.74, 6) is -0.132. The lowest BCUT2D eigenvalue weighted by atomic mass is 10.1. The average molecular weight is 294 g/mol. The zero-order valence-corrected chi connectivity index (χ0v) is 10.8. The number of halogens is 2. The topological polar surface area (TPSA) is 55.1 Å². The molecule has 0 aromatic heterocycles. The van der Waals surface area contributed by atoms with E-state index in [4.69, 9.17) is 5.73 Å². The molecule has 0 heterocycles. The molecule has 1 aromatic rings. The first-order valence-electron chi connectivity index (χ1n) is 4.35. The molecule has 0 fully saturated rings. The lowest BCUT2D eigenvalue weighted by molar-refractivity contribution is -0.121. The minimum atomic E-state index is -0.471. The summed E-state index contributed by atoms with van der Waals surface area (Å²) in [6.07, 6.45) is 0.562. The van der Waals surface area contributed by atoms with Gasteiger partial charge in [0.1, 0.15) is 0 Å². The van der Waals surface area contributed by atoms with E-state index in [0.717, 1.165) is 10.0 Å². The number of nitrogens with one attached hydrogen (secondary N) is 1. The maximum Gasteiger partial charge on any atom is 0.237 e. The largest absolute Gasteiger partial charge is 0.358 e. The van der Waals surface area contributed by atoms with Gasteiger partial charge in [0.2, 0.25) is 5.91 Å². The van der Waals surface area contributed by atoms with Crippen molar-refractivity contribution >= 4 is 34.2 Å². The van der Waals surface area contributed by atoms with Gasteiger partial charge in [-0.15, -0.1) is 12.4 Å². The molecule has 0 aliphatic heterocycles. The second kappa shape index (κ2) is 6.82. The molecule has 84 valence electrons. The fraction of sp³-hybridized carbons (Fsp3) is 0.300. The van der Waals surface area contributed by atoms with Gasteiger partial charge in [-0.1, -0.05) is 28.1 Å². The highest BCUT2D eigenvalue weighted by Crippen LogP contribution is 2.11. The Kier molecular flexibility index (Phi) is 6.56. The molecule has 0 radical (unpaired) electrons. The van der Waals surface area contributed by atoms with Crippen molar-refractivity contribution in [3.05, 3.63) is 34.3 Å². The summed E-state index contributed by atoms with van der Waals surface area (Å²) in [6.45, 7) is 0. The van der Waals surface area contributed by atoms with E-state index in [1.165, 1.54) is 0 Å². The summed E-state index contributed by atoms with van der Waals surface area (Å²) in [5.41, 5.74) is 6.73. The van der Waals surface area contributed by atoms with Crippen molar-refractivity contribution in [3.63, 3.8) is 0 Å². The normalized spacial score (nSPS) is 11.4. The first kappa shape index (κ1) is 14.4. The highest BCUT2D eigenvalue weighted by molar-refractivity contribution is 9.10. The van der Waals surface area contributed by atoms with Crippen LogP contribution in [0.15, 0.2) is 28.7 Å². The number of hydrogen-bond donors (Lipinski definition) is 2. The summed E-state index contributed by atoms with van der Waals surface area (Å²) >= 11 is 3.34. The van der Waals surface area contributed by atoms with E-state index in [1.54, 1.807) is 7.05 Å². The molecule has 0 unspecified atom stereocenters. The number of rotatable bonds is 3. The van der Waals surface area contributed by atoms with E-state index < -0.39 is 6.04 Å². The predicted molar refractivity (Wildman–Crippen MR) is 67.1 cm³/mol. The highest BCUT2D eigenvalue weighted by Gasteiger charge is 2.11. The minimum Gasteiger partial charge on any atom is -0.358 e. The van der Waals surface area contributed by atoms with Crippen LogP contribution in [0.4, 0.5) is 0 Å². The summed E-state index contributed by atoms with van der Waals surface area (Å²) in [6, 6.07) is 7.30. The smallest absolute Gasteiger partial charge is 0.237 e. The fourth-order valence-electron chi connectivity index (χ4n) is 1.15. The molecule has 1 rings (SSSR count). The molecule has 0 saturated carbocycles. The van der Waals surface area contributed by atoms with E-state index >= 15 is 0 Å². The molecule has 0 aliphatic rings. The van der Waals surface area contributed by atoms with Crippen molar-refractivity contribution < 1.29 is 4.79 Å². The molecule has 0 spiro atoms. The monoisotopic (exact) mass is 292 g/mol. The third kappa shape index (κ3) is 4.64. The van der Waals surface area contributed by atoms with Gasteiger partial charge in [-0.25, -0.2) is 0 Å². The van der Waals surface area contributed by atoms with Crippen LogP contribution >= 0.6 is 28.3 Å². The quantitative estimate of drug-likeness (QED) is 0.887. The number of likely N-dealkylation sites (N-methyl/N-ethyl adjacent to an activating group) is 1. The summed E-state index contributed by atoms with van der Waals surface area (Å²) in [5, 5.41) is 2.52. The summed E-state index contributed by atoms with van der Waals surface area (Å²) < 4.78 is 1.02. The number of amides is 1. The Morgan fingerprint density at radius 2 is 2.00 bits per heavy atom. The van der Waals surface area contributed by atoms with E-state index in [2.05, 4.69) is 21.2 Å². The van der Waals surface area contributed by atoms with Gasteiger partial charge in [-0.05, 0) is 24.1 Å². The minimum absolute atomic E-state index is 0. The number of carbonyl (C=O) groups is 1. The average Bonchev–Trinajstić information content (AvgIpc) is 2.20. The number of nitrogens with two attached hydrogens (primary N) is 1. The second-order valence-corrected chi connectivity index (χ2v) is 3.97. The zero-order valence-electron chi connectivity index (χ0n) is 8.37. The van der Waals surface area contributed by atoms with Crippen LogP contribution < -0.4 is 11.1 Å². The SMILES string of the molecule is CNC(=O)[C@H](N)Cc1ccc(Br)cc1.Cl. The van der Waals surface area contributed by atoms with Gasteiger partial charge in [0.25, 0.3) is 0 Å². The lowest BCUT2D eigenvalue weighted by Gasteiger charge is -2.09. The Balaban J connectivity index is 0.00000196. The van der Waals surface area contributed by atoms with Gasteiger partial charge in [0, 0.05) is 11.5 Å². The molecular formula is C10H14BrClN2O. The van der Waals surface area contributed by atoms with Crippen LogP contribution in [-0.2, 0) is 11.2 Å². The van der Waals surface area contributed by atoms with E-state index in [-0.39, 0.29) is 18.3 Å². The lowest BCUT2D eigenvalue weighted by Crippen LogP contribution is -2.40. The predicted octanol–water partition coefficient (Wildman–Crippen LogP) is 1.49. The van der Waals surface area contributed by atoms with Crippen molar-refractivity contribution in [2.45, 2.75) is 12.5 Å². The van der Waals surface area contributed by atoms with E-state index in [0.29, 0.717) is 6.42 Å². The standard InChI is InChI=1S/C10H13BrN2O.ClH/c1-13-10(14)9(12)6-7-2-4-8(11)5-3-7;/h2-5,9H,6,12H2,1H3,(H,13,14);1H/t9-;/m1./s1. The van der Waals surface area contributed by atoms with Crippen molar-refractivity contribution in [3.8, 4) is 0 Å². The Labute approximate surface area is 104 Å². The number of hydrogen-bond acceptors (Lipinski definition) is 2. The van der Waals surface area contributed by atoms with Crippen LogP contribution in [0.5, 0.6) is 0 Å². The molecule has 0 bridgehead atoms. The van der Waals surface area contributed by atoms with Crippen molar-refractivity contribution in [2.75, 3.05) is 7.05 Å². The Morgan fingerprint density at radius 1 is 1.47 bits per heavy atom. The van der Waals surface area contributed by atoms with Crippen LogP contribution in [0.2, 0.25) is 0 Å². The van der Waals surface area contributed by atoms with Crippen LogP contribution in [0.25, 0.3) is 0 Å².